The average molecular weight is 683 g/mol. The molecule has 0 spiro atoms. The van der Waals surface area contributed by atoms with E-state index < -0.39 is 0 Å². The van der Waals surface area contributed by atoms with Crippen LogP contribution in [0.4, 0.5) is 0 Å². The van der Waals surface area contributed by atoms with Crippen molar-refractivity contribution in [3.8, 4) is 90.3 Å². The summed E-state index contributed by atoms with van der Waals surface area (Å²) in [6.45, 7) is 4.55. The Bertz CT molecular complexity index is 2670. The number of benzene rings is 7. The molecule has 0 atom stereocenters. The van der Waals surface area contributed by atoms with E-state index in [4.69, 9.17) is 19.4 Å². The first kappa shape index (κ1) is 31.0. The number of fused-ring (bicyclic) bond motifs is 6. The molecule has 0 unspecified atom stereocenters. The molecule has 8 aromatic rings. The van der Waals surface area contributed by atoms with Gasteiger partial charge in [-0.05, 0) is 63.2 Å². The van der Waals surface area contributed by atoms with E-state index in [1.807, 2.05) is 36.4 Å². The van der Waals surface area contributed by atoms with E-state index >= 15 is 0 Å². The maximum Gasteiger partial charge on any atom is 0.178 e. The van der Waals surface area contributed by atoms with E-state index in [1.54, 1.807) is 0 Å². The van der Waals surface area contributed by atoms with Crippen LogP contribution in [0.1, 0.15) is 25.0 Å². The Morgan fingerprint density at radius 1 is 0.396 bits per heavy atom. The Hall–Kier alpha value is -6.78. The Kier molecular flexibility index (Phi) is 7.12. The van der Waals surface area contributed by atoms with Crippen LogP contribution in [0.25, 0.3) is 67.3 Å². The Morgan fingerprint density at radius 3 is 1.64 bits per heavy atom. The molecular weight excluding hydrogens is 649 g/mol. The van der Waals surface area contributed by atoms with Crippen molar-refractivity contribution in [2.24, 2.45) is 0 Å². The lowest BCUT2D eigenvalue weighted by Gasteiger charge is -2.25. The van der Waals surface area contributed by atoms with Gasteiger partial charge in [0.15, 0.2) is 28.8 Å². The minimum Gasteiger partial charge on any atom is -0.449 e. The second-order valence-corrected chi connectivity index (χ2v) is 14.2. The van der Waals surface area contributed by atoms with Crippen LogP contribution in [0.2, 0.25) is 0 Å². The van der Waals surface area contributed by atoms with Gasteiger partial charge in [-0.2, -0.15) is 0 Å². The summed E-state index contributed by atoms with van der Waals surface area (Å²) in [6.07, 6.45) is 0. The van der Waals surface area contributed by atoms with Crippen molar-refractivity contribution in [1.29, 1.82) is 0 Å². The third-order valence-electron chi connectivity index (χ3n) is 10.6. The molecule has 0 amide bonds. The molecule has 10 rings (SSSR count). The maximum atomic E-state index is 6.62. The number of hydrogen-bond donors (Lipinski definition) is 0. The van der Waals surface area contributed by atoms with Crippen molar-refractivity contribution in [3.63, 3.8) is 0 Å². The molecular formula is C49H34N2O2. The fourth-order valence-corrected chi connectivity index (χ4v) is 7.76. The standard InChI is InChI=1S/C49H34N2O2/c1-49(2)39-16-10-9-15-38(39)46-40(49)26-28-44-47(46)53-43-27-25-37(29-45(43)52-44)33-19-23-36(24-20-33)48-50-41(34-13-7-4-8-14-34)30-42(51-48)35-21-17-32(18-22-35)31-11-5-3-6-12-31/h3-30H,1-2H3. The molecule has 53 heavy (non-hydrogen) atoms. The number of ether oxygens (including phenoxy) is 2. The van der Waals surface area contributed by atoms with Crippen molar-refractivity contribution < 1.29 is 9.47 Å². The molecule has 1 aliphatic heterocycles. The van der Waals surface area contributed by atoms with Crippen molar-refractivity contribution in [1.82, 2.24) is 9.97 Å². The molecule has 4 nitrogen and oxygen atoms in total. The first-order valence-corrected chi connectivity index (χ1v) is 18.0. The van der Waals surface area contributed by atoms with E-state index in [9.17, 15) is 0 Å². The molecule has 252 valence electrons. The van der Waals surface area contributed by atoms with Crippen LogP contribution >= 0.6 is 0 Å². The van der Waals surface area contributed by atoms with Crippen molar-refractivity contribution in [2.75, 3.05) is 0 Å². The van der Waals surface area contributed by atoms with Gasteiger partial charge in [-0.3, -0.25) is 0 Å². The zero-order valence-electron chi connectivity index (χ0n) is 29.4. The largest absolute Gasteiger partial charge is 0.449 e. The predicted octanol–water partition coefficient (Wildman–Crippen LogP) is 13.0. The average Bonchev–Trinajstić information content (AvgIpc) is 3.46. The van der Waals surface area contributed by atoms with E-state index in [0.29, 0.717) is 17.3 Å². The molecule has 2 aliphatic rings. The maximum absolute atomic E-state index is 6.62. The van der Waals surface area contributed by atoms with Gasteiger partial charge >= 0.3 is 0 Å². The van der Waals surface area contributed by atoms with Gasteiger partial charge in [0, 0.05) is 27.7 Å². The van der Waals surface area contributed by atoms with Gasteiger partial charge in [-0.15, -0.1) is 0 Å². The second-order valence-electron chi connectivity index (χ2n) is 14.2. The highest BCUT2D eigenvalue weighted by molar-refractivity contribution is 5.88. The lowest BCUT2D eigenvalue weighted by atomic mass is 9.82. The highest BCUT2D eigenvalue weighted by atomic mass is 16.6. The third kappa shape index (κ3) is 5.30. The summed E-state index contributed by atoms with van der Waals surface area (Å²) in [5.74, 6) is 3.61. The van der Waals surface area contributed by atoms with Crippen LogP contribution in [-0.4, -0.2) is 9.97 Å². The molecule has 1 aromatic heterocycles. The van der Waals surface area contributed by atoms with Gasteiger partial charge in [0.1, 0.15) is 0 Å². The lowest BCUT2D eigenvalue weighted by Crippen LogP contribution is -2.15. The summed E-state index contributed by atoms with van der Waals surface area (Å²) in [5, 5.41) is 0. The minimum atomic E-state index is -0.107. The molecule has 4 heteroatoms. The van der Waals surface area contributed by atoms with Gasteiger partial charge in [0.2, 0.25) is 0 Å². The molecule has 0 fully saturated rings. The molecule has 0 saturated heterocycles. The first-order chi connectivity index (χ1) is 26.0. The predicted molar refractivity (Wildman–Crippen MR) is 213 cm³/mol. The molecule has 1 aliphatic carbocycles. The van der Waals surface area contributed by atoms with E-state index in [-0.39, 0.29) is 5.41 Å². The fraction of sp³-hybridized carbons (Fsp3) is 0.0612. The summed E-state index contributed by atoms with van der Waals surface area (Å²) in [5.41, 5.74) is 14.0. The molecule has 0 N–H and O–H groups in total. The Labute approximate surface area is 309 Å². The van der Waals surface area contributed by atoms with Crippen LogP contribution in [0.3, 0.4) is 0 Å². The zero-order chi connectivity index (χ0) is 35.5. The fourth-order valence-electron chi connectivity index (χ4n) is 7.76. The van der Waals surface area contributed by atoms with Crippen LogP contribution in [0.5, 0.6) is 23.0 Å². The van der Waals surface area contributed by atoms with Crippen molar-refractivity contribution in [2.45, 2.75) is 19.3 Å². The van der Waals surface area contributed by atoms with Crippen LogP contribution < -0.4 is 9.47 Å². The van der Waals surface area contributed by atoms with Crippen LogP contribution in [-0.2, 0) is 5.41 Å². The molecule has 0 radical (unpaired) electrons. The molecule has 0 saturated carbocycles. The summed E-state index contributed by atoms with van der Waals surface area (Å²) >= 11 is 0. The molecule has 7 aromatic carbocycles. The van der Waals surface area contributed by atoms with Crippen molar-refractivity contribution in [3.05, 3.63) is 181 Å². The summed E-state index contributed by atoms with van der Waals surface area (Å²) in [6, 6.07) is 58.8. The lowest BCUT2D eigenvalue weighted by molar-refractivity contribution is 0.360. The van der Waals surface area contributed by atoms with Crippen LogP contribution in [0.15, 0.2) is 170 Å². The number of hydrogen-bond acceptors (Lipinski definition) is 4. The summed E-state index contributed by atoms with van der Waals surface area (Å²) in [4.78, 5) is 10.1. The highest BCUT2D eigenvalue weighted by Gasteiger charge is 2.39. The van der Waals surface area contributed by atoms with Crippen LogP contribution in [0, 0.1) is 0 Å². The SMILES string of the molecule is CC1(C)c2ccccc2-c2c1ccc1c2Oc2ccc(-c3ccc(-c4nc(-c5ccccc5)cc(-c5ccc(-c6ccccc6)cc5)n4)cc3)cc2O1. The van der Waals surface area contributed by atoms with Gasteiger partial charge in [0.25, 0.3) is 0 Å². The van der Waals surface area contributed by atoms with Gasteiger partial charge < -0.3 is 9.47 Å². The van der Waals surface area contributed by atoms with Gasteiger partial charge in [-0.25, -0.2) is 9.97 Å². The molecule has 0 bridgehead atoms. The third-order valence-corrected chi connectivity index (χ3v) is 10.6. The van der Waals surface area contributed by atoms with E-state index in [2.05, 4.69) is 147 Å². The monoisotopic (exact) mass is 682 g/mol. The Balaban J connectivity index is 0.963. The topological polar surface area (TPSA) is 44.2 Å². The number of nitrogens with zero attached hydrogens (tertiary/aromatic N) is 2. The van der Waals surface area contributed by atoms with Crippen molar-refractivity contribution >= 4 is 0 Å². The minimum absolute atomic E-state index is 0.107. The quantitative estimate of drug-likeness (QED) is 0.181. The van der Waals surface area contributed by atoms with E-state index in [1.165, 1.54) is 27.8 Å². The summed E-state index contributed by atoms with van der Waals surface area (Å²) in [7, 11) is 0. The Morgan fingerprint density at radius 2 is 0.925 bits per heavy atom. The second kappa shape index (κ2) is 12.2. The number of rotatable bonds is 5. The smallest absolute Gasteiger partial charge is 0.178 e. The summed E-state index contributed by atoms with van der Waals surface area (Å²) < 4.78 is 13.2. The first-order valence-electron chi connectivity index (χ1n) is 18.0. The molecule has 2 heterocycles. The number of aromatic nitrogens is 2. The highest BCUT2D eigenvalue weighted by Crippen LogP contribution is 2.58. The normalized spacial score (nSPS) is 13.2. The van der Waals surface area contributed by atoms with Gasteiger partial charge in [0.05, 0.1) is 11.4 Å². The zero-order valence-corrected chi connectivity index (χ0v) is 29.4. The van der Waals surface area contributed by atoms with Gasteiger partial charge in [-0.1, -0.05) is 159 Å². The van der Waals surface area contributed by atoms with E-state index in [0.717, 1.165) is 56.3 Å².